The summed E-state index contributed by atoms with van der Waals surface area (Å²) in [5.74, 6) is 1.90. The molecule has 0 aromatic heterocycles. The van der Waals surface area contributed by atoms with Crippen molar-refractivity contribution in [2.24, 2.45) is 0 Å². The highest BCUT2D eigenvalue weighted by molar-refractivity contribution is 5.96. The van der Waals surface area contributed by atoms with Crippen LogP contribution >= 0.6 is 0 Å². The van der Waals surface area contributed by atoms with Crippen LogP contribution in [0.5, 0.6) is 17.2 Å². The van der Waals surface area contributed by atoms with Gasteiger partial charge in [-0.15, -0.1) is 0 Å². The number of fused-ring (bicyclic) bond motifs is 1. The number of hydrogen-bond acceptors (Lipinski definition) is 6. The zero-order valence-electron chi connectivity index (χ0n) is 15.8. The number of carbonyl (C=O) groups is 1. The molecule has 0 aliphatic carbocycles. The fourth-order valence-corrected chi connectivity index (χ4v) is 3.58. The Kier molecular flexibility index (Phi) is 5.64. The SMILES string of the molecule is COc1ccccc1C(=O)NCC(c1ccc2c(c1)OCO2)N1CCOCC1. The molecule has 4 rings (SSSR count). The molecule has 2 aromatic carbocycles. The van der Waals surface area contributed by atoms with Gasteiger partial charge in [0, 0.05) is 19.6 Å². The number of benzene rings is 2. The quantitative estimate of drug-likeness (QED) is 0.824. The largest absolute Gasteiger partial charge is 0.496 e. The Bertz CT molecular complexity index is 835. The highest BCUT2D eigenvalue weighted by Gasteiger charge is 2.26. The number of carbonyl (C=O) groups excluding carboxylic acids is 1. The predicted octanol–water partition coefficient (Wildman–Crippen LogP) is 2.23. The molecule has 1 atom stereocenters. The maximum atomic E-state index is 12.8. The van der Waals surface area contributed by atoms with Crippen molar-refractivity contribution < 1.29 is 23.7 Å². The standard InChI is InChI=1S/C21H24N2O5/c1-25-18-5-3-2-4-16(18)21(24)22-13-17(23-8-10-26-11-9-23)15-6-7-19-20(12-15)28-14-27-19/h2-7,12,17H,8-11,13-14H2,1H3,(H,22,24). The summed E-state index contributed by atoms with van der Waals surface area (Å²) in [5, 5.41) is 3.06. The minimum Gasteiger partial charge on any atom is -0.496 e. The third-order valence-corrected chi connectivity index (χ3v) is 5.08. The van der Waals surface area contributed by atoms with E-state index in [1.54, 1.807) is 19.2 Å². The van der Waals surface area contributed by atoms with Gasteiger partial charge in [-0.1, -0.05) is 18.2 Å². The summed E-state index contributed by atoms with van der Waals surface area (Å²) in [7, 11) is 1.56. The summed E-state index contributed by atoms with van der Waals surface area (Å²) in [4.78, 5) is 15.1. The molecule has 1 unspecified atom stereocenters. The maximum Gasteiger partial charge on any atom is 0.255 e. The van der Waals surface area contributed by atoms with E-state index in [0.29, 0.717) is 31.1 Å². The van der Waals surface area contributed by atoms with Crippen LogP contribution in [0.15, 0.2) is 42.5 Å². The smallest absolute Gasteiger partial charge is 0.255 e. The second-order valence-corrected chi connectivity index (χ2v) is 6.69. The molecule has 1 N–H and O–H groups in total. The molecule has 2 aromatic rings. The van der Waals surface area contributed by atoms with Gasteiger partial charge in [0.1, 0.15) is 5.75 Å². The topological polar surface area (TPSA) is 69.3 Å². The van der Waals surface area contributed by atoms with Crippen LogP contribution in [0.4, 0.5) is 0 Å². The number of methoxy groups -OCH3 is 1. The lowest BCUT2D eigenvalue weighted by molar-refractivity contribution is 0.0162. The van der Waals surface area contributed by atoms with Gasteiger partial charge in [0.05, 0.1) is 31.9 Å². The van der Waals surface area contributed by atoms with Crippen LogP contribution in [-0.2, 0) is 4.74 Å². The third kappa shape index (κ3) is 3.90. The van der Waals surface area contributed by atoms with Gasteiger partial charge in [-0.05, 0) is 29.8 Å². The van der Waals surface area contributed by atoms with E-state index in [-0.39, 0.29) is 18.7 Å². The molecule has 28 heavy (non-hydrogen) atoms. The average molecular weight is 384 g/mol. The Balaban J connectivity index is 1.53. The molecule has 2 heterocycles. The molecule has 2 aliphatic heterocycles. The first-order valence-electron chi connectivity index (χ1n) is 9.39. The molecule has 2 aliphatic rings. The number of nitrogens with zero attached hydrogens (tertiary/aromatic N) is 1. The predicted molar refractivity (Wildman–Crippen MR) is 103 cm³/mol. The van der Waals surface area contributed by atoms with Crippen molar-refractivity contribution in [2.45, 2.75) is 6.04 Å². The summed E-state index contributed by atoms with van der Waals surface area (Å²) < 4.78 is 21.8. The lowest BCUT2D eigenvalue weighted by Gasteiger charge is -2.35. The Morgan fingerprint density at radius 3 is 2.75 bits per heavy atom. The fraction of sp³-hybridized carbons (Fsp3) is 0.381. The van der Waals surface area contributed by atoms with Crippen molar-refractivity contribution >= 4 is 5.91 Å². The van der Waals surface area contributed by atoms with Gasteiger partial charge in [0.15, 0.2) is 11.5 Å². The number of rotatable bonds is 6. The van der Waals surface area contributed by atoms with Crippen molar-refractivity contribution in [1.29, 1.82) is 0 Å². The van der Waals surface area contributed by atoms with E-state index in [4.69, 9.17) is 18.9 Å². The van der Waals surface area contributed by atoms with Gasteiger partial charge in [-0.25, -0.2) is 0 Å². The lowest BCUT2D eigenvalue weighted by Crippen LogP contribution is -2.43. The maximum absolute atomic E-state index is 12.8. The van der Waals surface area contributed by atoms with Crippen molar-refractivity contribution in [3.63, 3.8) is 0 Å². The van der Waals surface area contributed by atoms with Crippen LogP contribution in [0.3, 0.4) is 0 Å². The second kappa shape index (κ2) is 8.50. The number of amides is 1. The van der Waals surface area contributed by atoms with Gasteiger partial charge in [0.25, 0.3) is 5.91 Å². The molecule has 7 heteroatoms. The fourth-order valence-electron chi connectivity index (χ4n) is 3.58. The molecule has 1 saturated heterocycles. The summed E-state index contributed by atoms with van der Waals surface area (Å²) >= 11 is 0. The van der Waals surface area contributed by atoms with Crippen molar-refractivity contribution in [2.75, 3.05) is 46.8 Å². The number of nitrogens with one attached hydrogen (secondary N) is 1. The van der Waals surface area contributed by atoms with Crippen LogP contribution in [0.1, 0.15) is 22.0 Å². The number of ether oxygens (including phenoxy) is 4. The van der Waals surface area contributed by atoms with E-state index >= 15 is 0 Å². The van der Waals surface area contributed by atoms with Crippen LogP contribution in [0.2, 0.25) is 0 Å². The van der Waals surface area contributed by atoms with Crippen molar-refractivity contribution in [3.05, 3.63) is 53.6 Å². The van der Waals surface area contributed by atoms with E-state index in [2.05, 4.69) is 10.2 Å². The summed E-state index contributed by atoms with van der Waals surface area (Å²) in [6, 6.07) is 13.2. The van der Waals surface area contributed by atoms with Crippen LogP contribution < -0.4 is 19.5 Å². The van der Waals surface area contributed by atoms with Gasteiger partial charge in [0.2, 0.25) is 6.79 Å². The highest BCUT2D eigenvalue weighted by Crippen LogP contribution is 2.35. The molecular formula is C21H24N2O5. The first kappa shape index (κ1) is 18.6. The highest BCUT2D eigenvalue weighted by atomic mass is 16.7. The van der Waals surface area contributed by atoms with Crippen LogP contribution in [0, 0.1) is 0 Å². The molecule has 0 radical (unpaired) electrons. The first-order valence-corrected chi connectivity index (χ1v) is 9.39. The van der Waals surface area contributed by atoms with Gasteiger partial charge >= 0.3 is 0 Å². The van der Waals surface area contributed by atoms with Gasteiger partial charge in [-0.2, -0.15) is 0 Å². The Morgan fingerprint density at radius 2 is 1.93 bits per heavy atom. The van der Waals surface area contributed by atoms with Crippen molar-refractivity contribution in [3.8, 4) is 17.2 Å². The Hall–Kier alpha value is -2.77. The third-order valence-electron chi connectivity index (χ3n) is 5.08. The monoisotopic (exact) mass is 384 g/mol. The second-order valence-electron chi connectivity index (χ2n) is 6.69. The van der Waals surface area contributed by atoms with Crippen LogP contribution in [-0.4, -0.2) is 57.6 Å². The van der Waals surface area contributed by atoms with Gasteiger partial charge in [-0.3, -0.25) is 9.69 Å². The van der Waals surface area contributed by atoms with Crippen molar-refractivity contribution in [1.82, 2.24) is 10.2 Å². The lowest BCUT2D eigenvalue weighted by atomic mass is 10.0. The van der Waals surface area contributed by atoms with E-state index < -0.39 is 0 Å². The molecule has 1 fully saturated rings. The minimum absolute atomic E-state index is 0.0112. The molecule has 148 valence electrons. The number of para-hydroxylation sites is 1. The summed E-state index contributed by atoms with van der Waals surface area (Å²) in [5.41, 5.74) is 1.60. The average Bonchev–Trinajstić information content (AvgIpc) is 3.22. The molecule has 0 saturated carbocycles. The van der Waals surface area contributed by atoms with E-state index in [1.807, 2.05) is 30.3 Å². The number of hydrogen-bond donors (Lipinski definition) is 1. The zero-order chi connectivity index (χ0) is 19.3. The zero-order valence-corrected chi connectivity index (χ0v) is 15.8. The van der Waals surface area contributed by atoms with E-state index in [9.17, 15) is 4.79 Å². The number of morpholine rings is 1. The minimum atomic E-state index is -0.156. The first-order chi connectivity index (χ1) is 13.8. The Labute approximate surface area is 164 Å². The van der Waals surface area contributed by atoms with Gasteiger partial charge < -0.3 is 24.3 Å². The Morgan fingerprint density at radius 1 is 1.14 bits per heavy atom. The summed E-state index contributed by atoms with van der Waals surface area (Å²) in [6.07, 6.45) is 0. The normalized spacial score (nSPS) is 17.2. The van der Waals surface area contributed by atoms with Crippen LogP contribution in [0.25, 0.3) is 0 Å². The molecular weight excluding hydrogens is 360 g/mol. The van der Waals surface area contributed by atoms with E-state index in [0.717, 1.165) is 30.2 Å². The molecule has 0 spiro atoms. The van der Waals surface area contributed by atoms with E-state index in [1.165, 1.54) is 0 Å². The molecule has 7 nitrogen and oxygen atoms in total. The molecule has 0 bridgehead atoms. The summed E-state index contributed by atoms with van der Waals surface area (Å²) in [6.45, 7) is 3.69. The molecule has 1 amide bonds.